The highest BCUT2D eigenvalue weighted by molar-refractivity contribution is 14.1. The first-order valence-electron chi connectivity index (χ1n) is 8.85. The first-order chi connectivity index (χ1) is 13.9. The van der Waals surface area contributed by atoms with Gasteiger partial charge in [0.2, 0.25) is 0 Å². The summed E-state index contributed by atoms with van der Waals surface area (Å²) in [5, 5.41) is 1.43. The molecule has 3 nitrogen and oxygen atoms in total. The fourth-order valence-corrected chi connectivity index (χ4v) is 4.11. The van der Waals surface area contributed by atoms with Crippen molar-refractivity contribution in [2.45, 2.75) is 6.92 Å². The lowest BCUT2D eigenvalue weighted by Gasteiger charge is -2.13. The second kappa shape index (κ2) is 8.30. The molecule has 0 aliphatic carbocycles. The van der Waals surface area contributed by atoms with Crippen LogP contribution in [0.1, 0.15) is 17.0 Å². The van der Waals surface area contributed by atoms with Crippen LogP contribution in [0.5, 0.6) is 0 Å². The number of benzene rings is 3. The summed E-state index contributed by atoms with van der Waals surface area (Å²) in [6.45, 7) is 2.04. The van der Waals surface area contributed by atoms with Crippen LogP contribution in [0.4, 0.5) is 0 Å². The minimum absolute atomic E-state index is 0.179. The third-order valence-electron chi connectivity index (χ3n) is 4.47. The Morgan fingerprint density at radius 1 is 1.00 bits per heavy atom. The minimum Gasteiger partial charge on any atom is -0.268 e. The maximum atomic E-state index is 13.4. The molecule has 0 N–H and O–H groups in total. The van der Waals surface area contributed by atoms with Gasteiger partial charge in [0.1, 0.15) is 5.82 Å². The van der Waals surface area contributed by atoms with Gasteiger partial charge in [-0.1, -0.05) is 59.1 Å². The van der Waals surface area contributed by atoms with E-state index in [-0.39, 0.29) is 5.56 Å². The van der Waals surface area contributed by atoms with E-state index in [0.29, 0.717) is 32.5 Å². The number of halogens is 3. The van der Waals surface area contributed by atoms with Crippen LogP contribution in [0.2, 0.25) is 10.0 Å². The number of aromatic nitrogens is 2. The van der Waals surface area contributed by atoms with Gasteiger partial charge in [-0.15, -0.1) is 0 Å². The Kier molecular flexibility index (Phi) is 5.76. The molecule has 0 saturated carbocycles. The Balaban J connectivity index is 1.99. The van der Waals surface area contributed by atoms with Crippen molar-refractivity contribution in [3.63, 3.8) is 0 Å². The van der Waals surface area contributed by atoms with Gasteiger partial charge in [-0.25, -0.2) is 4.98 Å². The summed E-state index contributed by atoms with van der Waals surface area (Å²) in [5.74, 6) is 0.495. The lowest BCUT2D eigenvalue weighted by atomic mass is 10.1. The van der Waals surface area contributed by atoms with Crippen LogP contribution >= 0.6 is 45.8 Å². The summed E-state index contributed by atoms with van der Waals surface area (Å²) in [4.78, 5) is 18.1. The molecule has 0 spiro atoms. The van der Waals surface area contributed by atoms with E-state index in [1.165, 1.54) is 4.57 Å². The third-order valence-corrected chi connectivity index (χ3v) is 5.68. The molecule has 6 heteroatoms. The molecule has 0 atom stereocenters. The quantitative estimate of drug-likeness (QED) is 0.273. The van der Waals surface area contributed by atoms with Crippen LogP contribution < -0.4 is 5.56 Å². The SMILES string of the molecule is Cc1cccc(/C=C/c2nc3ccc(I)cc3c(=O)n2-c2ccc(Cl)cc2Cl)c1. The highest BCUT2D eigenvalue weighted by Crippen LogP contribution is 2.26. The van der Waals surface area contributed by atoms with Gasteiger partial charge in [0, 0.05) is 8.59 Å². The molecule has 1 heterocycles. The average molecular weight is 533 g/mol. The standard InChI is InChI=1S/C23H15Cl2IN2O/c1-14-3-2-4-15(11-14)5-10-22-27-20-8-7-17(26)13-18(20)23(29)28(22)21-9-6-16(24)12-19(21)25/h2-13H,1H3/b10-5+. The Bertz CT molecular complexity index is 1330. The smallest absolute Gasteiger partial charge is 0.266 e. The molecule has 1 aromatic heterocycles. The normalized spacial score (nSPS) is 11.4. The second-order valence-corrected chi connectivity index (χ2v) is 8.70. The molecule has 4 rings (SSSR count). The van der Waals surface area contributed by atoms with Crippen molar-refractivity contribution in [1.82, 2.24) is 9.55 Å². The number of aryl methyl sites for hydroxylation is 1. The van der Waals surface area contributed by atoms with Gasteiger partial charge in [0.15, 0.2) is 0 Å². The van der Waals surface area contributed by atoms with E-state index in [9.17, 15) is 4.79 Å². The highest BCUT2D eigenvalue weighted by Gasteiger charge is 2.14. The second-order valence-electron chi connectivity index (χ2n) is 6.62. The lowest BCUT2D eigenvalue weighted by Crippen LogP contribution is -2.22. The van der Waals surface area contributed by atoms with Crippen molar-refractivity contribution in [1.29, 1.82) is 0 Å². The van der Waals surface area contributed by atoms with Gasteiger partial charge in [-0.3, -0.25) is 9.36 Å². The molecule has 29 heavy (non-hydrogen) atoms. The topological polar surface area (TPSA) is 34.9 Å². The molecule has 0 amide bonds. The van der Waals surface area contributed by atoms with Gasteiger partial charge in [-0.05, 0) is 77.6 Å². The summed E-state index contributed by atoms with van der Waals surface area (Å²) in [7, 11) is 0. The molecule has 0 saturated heterocycles. The van der Waals surface area contributed by atoms with Gasteiger partial charge >= 0.3 is 0 Å². The lowest BCUT2D eigenvalue weighted by molar-refractivity contribution is 0.944. The maximum Gasteiger partial charge on any atom is 0.266 e. The Morgan fingerprint density at radius 2 is 1.83 bits per heavy atom. The van der Waals surface area contributed by atoms with E-state index in [0.717, 1.165) is 14.7 Å². The summed E-state index contributed by atoms with van der Waals surface area (Å²) < 4.78 is 2.49. The zero-order valence-corrected chi connectivity index (χ0v) is 19.0. The van der Waals surface area contributed by atoms with Crippen molar-refractivity contribution in [3.05, 3.63) is 102 Å². The van der Waals surface area contributed by atoms with Crippen molar-refractivity contribution in [2.75, 3.05) is 0 Å². The van der Waals surface area contributed by atoms with Crippen LogP contribution in [0, 0.1) is 10.5 Å². The fraction of sp³-hybridized carbons (Fsp3) is 0.0435. The first-order valence-corrected chi connectivity index (χ1v) is 10.7. The van der Waals surface area contributed by atoms with E-state index in [1.54, 1.807) is 18.2 Å². The van der Waals surface area contributed by atoms with Gasteiger partial charge in [0.25, 0.3) is 5.56 Å². The molecular formula is C23H15Cl2IN2O. The van der Waals surface area contributed by atoms with E-state index in [2.05, 4.69) is 28.7 Å². The average Bonchev–Trinajstić information content (AvgIpc) is 2.68. The Morgan fingerprint density at radius 3 is 2.59 bits per heavy atom. The van der Waals surface area contributed by atoms with Crippen molar-refractivity contribution >= 4 is 68.8 Å². The molecule has 0 bridgehead atoms. The van der Waals surface area contributed by atoms with Crippen molar-refractivity contribution < 1.29 is 0 Å². The maximum absolute atomic E-state index is 13.4. The number of rotatable bonds is 3. The molecule has 0 aliphatic heterocycles. The Hall–Kier alpha value is -2.15. The third kappa shape index (κ3) is 4.25. The molecule has 144 valence electrons. The van der Waals surface area contributed by atoms with E-state index in [4.69, 9.17) is 28.2 Å². The zero-order valence-electron chi connectivity index (χ0n) is 15.4. The zero-order chi connectivity index (χ0) is 20.5. The first kappa shape index (κ1) is 20.1. The summed E-state index contributed by atoms with van der Waals surface area (Å²) >= 11 is 14.7. The Labute approximate surface area is 191 Å². The van der Waals surface area contributed by atoms with Crippen LogP contribution in [0.3, 0.4) is 0 Å². The van der Waals surface area contributed by atoms with Crippen molar-refractivity contribution in [2.24, 2.45) is 0 Å². The van der Waals surface area contributed by atoms with E-state index >= 15 is 0 Å². The number of hydrogen-bond donors (Lipinski definition) is 0. The van der Waals surface area contributed by atoms with Crippen LogP contribution in [0.25, 0.3) is 28.7 Å². The fourth-order valence-electron chi connectivity index (χ4n) is 3.13. The molecule has 0 unspecified atom stereocenters. The van der Waals surface area contributed by atoms with Crippen LogP contribution in [0.15, 0.2) is 65.5 Å². The molecule has 0 fully saturated rings. The molecular weight excluding hydrogens is 518 g/mol. The highest BCUT2D eigenvalue weighted by atomic mass is 127. The van der Waals surface area contributed by atoms with Gasteiger partial charge < -0.3 is 0 Å². The van der Waals surface area contributed by atoms with E-state index in [1.807, 2.05) is 55.5 Å². The molecule has 3 aromatic carbocycles. The largest absolute Gasteiger partial charge is 0.268 e. The number of fused-ring (bicyclic) bond motifs is 1. The van der Waals surface area contributed by atoms with Crippen LogP contribution in [-0.2, 0) is 0 Å². The minimum atomic E-state index is -0.179. The van der Waals surface area contributed by atoms with E-state index < -0.39 is 0 Å². The summed E-state index contributed by atoms with van der Waals surface area (Å²) in [5.41, 5.74) is 3.18. The van der Waals surface area contributed by atoms with Gasteiger partial charge in [0.05, 0.1) is 21.6 Å². The molecule has 0 aliphatic rings. The van der Waals surface area contributed by atoms with Gasteiger partial charge in [-0.2, -0.15) is 0 Å². The molecule has 0 radical (unpaired) electrons. The molecule has 4 aromatic rings. The predicted molar refractivity (Wildman–Crippen MR) is 130 cm³/mol. The monoisotopic (exact) mass is 532 g/mol. The van der Waals surface area contributed by atoms with Crippen LogP contribution in [-0.4, -0.2) is 9.55 Å². The summed E-state index contributed by atoms with van der Waals surface area (Å²) in [6, 6.07) is 18.8. The summed E-state index contributed by atoms with van der Waals surface area (Å²) in [6.07, 6.45) is 3.77. The number of nitrogens with zero attached hydrogens (tertiary/aromatic N) is 2. The van der Waals surface area contributed by atoms with Crippen molar-refractivity contribution in [3.8, 4) is 5.69 Å². The predicted octanol–water partition coefficient (Wildman–Crippen LogP) is 6.78. The number of hydrogen-bond acceptors (Lipinski definition) is 2.